The first-order chi connectivity index (χ1) is 13.8. The third-order valence-corrected chi connectivity index (χ3v) is 3.74. The molecule has 0 aromatic carbocycles. The Kier molecular flexibility index (Phi) is 4.34. The second-order valence-electron chi connectivity index (χ2n) is 5.77. The predicted octanol–water partition coefficient (Wildman–Crippen LogP) is 2.15. The van der Waals surface area contributed by atoms with E-state index in [1.807, 2.05) is 0 Å². The van der Waals surface area contributed by atoms with Gasteiger partial charge in [0.15, 0.2) is 23.8 Å². The van der Waals surface area contributed by atoms with E-state index < -0.39 is 11.9 Å². The number of nitrogen functional groups attached to an aromatic ring is 1. The largest absolute Gasteiger partial charge is 0.463 e. The second kappa shape index (κ2) is 6.86. The first-order valence-electron chi connectivity index (χ1n) is 8.11. The molecule has 0 amide bonds. The molecule has 4 aromatic heterocycles. The van der Waals surface area contributed by atoms with Crippen LogP contribution >= 0.6 is 0 Å². The Morgan fingerprint density at radius 2 is 2.10 bits per heavy atom. The normalized spacial score (nSPS) is 11.4. The van der Waals surface area contributed by atoms with Gasteiger partial charge in [-0.1, -0.05) is 5.92 Å². The van der Waals surface area contributed by atoms with Crippen LogP contribution in [0, 0.1) is 11.8 Å². The summed E-state index contributed by atoms with van der Waals surface area (Å²) in [7, 11) is 1.18. The van der Waals surface area contributed by atoms with Crippen LogP contribution in [0.4, 0.5) is 19.0 Å². The molecule has 0 radical (unpaired) electrons. The molecule has 0 aliphatic rings. The Balaban J connectivity index is 1.50. The molecule has 4 aromatic rings. The highest BCUT2D eigenvalue weighted by molar-refractivity contribution is 5.63. The molecule has 0 saturated heterocycles. The summed E-state index contributed by atoms with van der Waals surface area (Å²) in [5, 5.41) is 7.91. The van der Waals surface area contributed by atoms with Gasteiger partial charge < -0.3 is 14.9 Å². The average Bonchev–Trinajstić information content (AvgIpc) is 3.37. The number of ether oxygens (including phenoxy) is 1. The van der Waals surface area contributed by atoms with Gasteiger partial charge >= 0.3 is 6.18 Å². The summed E-state index contributed by atoms with van der Waals surface area (Å²) in [5.41, 5.74) is 5.60. The number of nitrogens with two attached hydrogens (primary N) is 1. The van der Waals surface area contributed by atoms with Crippen molar-refractivity contribution in [2.24, 2.45) is 7.05 Å². The lowest BCUT2D eigenvalue weighted by Gasteiger charge is -2.04. The summed E-state index contributed by atoms with van der Waals surface area (Å²) in [4.78, 5) is 8.37. The van der Waals surface area contributed by atoms with Crippen LogP contribution < -0.4 is 10.5 Å². The van der Waals surface area contributed by atoms with Crippen molar-refractivity contribution >= 4 is 11.5 Å². The Hall–Kier alpha value is -4.01. The minimum Gasteiger partial charge on any atom is -0.463 e. The highest BCUT2D eigenvalue weighted by Crippen LogP contribution is 2.30. The SMILES string of the molecule is Cn1nc(OCC#Cc2cn3nc(-c4ccco4)nc3c(N)n2)cc1C(F)(F)F. The summed E-state index contributed by atoms with van der Waals surface area (Å²) in [6.07, 6.45) is -1.50. The third-order valence-electron chi connectivity index (χ3n) is 3.74. The first kappa shape index (κ1) is 18.4. The topological polar surface area (TPSA) is 109 Å². The van der Waals surface area contributed by atoms with Crippen LogP contribution in [0.5, 0.6) is 5.88 Å². The lowest BCUT2D eigenvalue weighted by molar-refractivity contribution is -0.143. The van der Waals surface area contributed by atoms with Crippen LogP contribution in [-0.4, -0.2) is 36.0 Å². The van der Waals surface area contributed by atoms with Crippen molar-refractivity contribution < 1.29 is 22.3 Å². The molecular weight excluding hydrogens is 391 g/mol. The number of hydrogen-bond donors (Lipinski definition) is 1. The van der Waals surface area contributed by atoms with E-state index in [1.54, 1.807) is 12.1 Å². The molecule has 9 nitrogen and oxygen atoms in total. The fourth-order valence-corrected chi connectivity index (χ4v) is 2.50. The van der Waals surface area contributed by atoms with E-state index in [0.29, 0.717) is 21.9 Å². The molecule has 0 aliphatic heterocycles. The van der Waals surface area contributed by atoms with E-state index in [9.17, 15) is 13.2 Å². The molecule has 29 heavy (non-hydrogen) atoms. The second-order valence-corrected chi connectivity index (χ2v) is 5.77. The van der Waals surface area contributed by atoms with Gasteiger partial charge in [-0.05, 0) is 18.1 Å². The summed E-state index contributed by atoms with van der Waals surface area (Å²) < 4.78 is 50.7. The maximum absolute atomic E-state index is 12.7. The first-order valence-corrected chi connectivity index (χ1v) is 8.11. The molecule has 0 saturated carbocycles. The van der Waals surface area contributed by atoms with Crippen molar-refractivity contribution in [2.45, 2.75) is 6.18 Å². The van der Waals surface area contributed by atoms with E-state index >= 15 is 0 Å². The van der Waals surface area contributed by atoms with E-state index in [-0.39, 0.29) is 24.0 Å². The minimum atomic E-state index is -4.52. The van der Waals surface area contributed by atoms with Gasteiger partial charge in [-0.25, -0.2) is 14.5 Å². The van der Waals surface area contributed by atoms with Crippen LogP contribution in [0.25, 0.3) is 17.2 Å². The standard InChI is InChI=1S/C17H12F3N7O2/c1-26-12(17(18,19)20)8-13(24-26)29-7-2-4-10-9-27-16(14(21)22-10)23-15(25-27)11-5-3-6-28-11/h3,5-6,8-9H,7H2,1H3,(H2,21,22). The van der Waals surface area contributed by atoms with Crippen LogP contribution in [0.1, 0.15) is 11.4 Å². The van der Waals surface area contributed by atoms with Crippen molar-refractivity contribution in [2.75, 3.05) is 12.3 Å². The Bertz CT molecular complexity index is 1230. The molecule has 0 spiro atoms. The van der Waals surface area contributed by atoms with Crippen LogP contribution in [0.15, 0.2) is 35.1 Å². The number of hydrogen-bond acceptors (Lipinski definition) is 7. The van der Waals surface area contributed by atoms with Gasteiger partial charge in [-0.15, -0.1) is 10.2 Å². The summed E-state index contributed by atoms with van der Waals surface area (Å²) >= 11 is 0. The highest BCUT2D eigenvalue weighted by atomic mass is 19.4. The molecule has 0 bridgehead atoms. The van der Waals surface area contributed by atoms with Gasteiger partial charge in [0.05, 0.1) is 12.5 Å². The smallest absolute Gasteiger partial charge is 0.433 e. The zero-order valence-corrected chi connectivity index (χ0v) is 14.8. The van der Waals surface area contributed by atoms with Crippen molar-refractivity contribution in [1.82, 2.24) is 29.4 Å². The van der Waals surface area contributed by atoms with Crippen LogP contribution in [0.3, 0.4) is 0 Å². The van der Waals surface area contributed by atoms with E-state index in [0.717, 1.165) is 6.07 Å². The molecule has 0 aliphatic carbocycles. The van der Waals surface area contributed by atoms with Gasteiger partial charge in [0.2, 0.25) is 11.7 Å². The maximum atomic E-state index is 12.7. The van der Waals surface area contributed by atoms with E-state index in [2.05, 4.69) is 32.0 Å². The number of aryl methyl sites for hydroxylation is 1. The summed E-state index contributed by atoms with van der Waals surface area (Å²) in [6, 6.07) is 4.21. The van der Waals surface area contributed by atoms with Crippen molar-refractivity contribution in [3.05, 3.63) is 42.0 Å². The molecule has 12 heteroatoms. The number of nitrogens with zero attached hydrogens (tertiary/aromatic N) is 6. The Morgan fingerprint density at radius 3 is 2.79 bits per heavy atom. The summed E-state index contributed by atoms with van der Waals surface area (Å²) in [5.74, 6) is 6.10. The number of alkyl halides is 3. The fourth-order valence-electron chi connectivity index (χ4n) is 2.50. The zero-order valence-electron chi connectivity index (χ0n) is 14.8. The predicted molar refractivity (Wildman–Crippen MR) is 93.5 cm³/mol. The molecule has 148 valence electrons. The molecule has 0 fully saturated rings. The molecule has 0 unspecified atom stereocenters. The number of anilines is 1. The average molecular weight is 403 g/mol. The third kappa shape index (κ3) is 3.70. The number of fused-ring (bicyclic) bond motifs is 1. The van der Waals surface area contributed by atoms with Gasteiger partial charge in [0.25, 0.3) is 0 Å². The lowest BCUT2D eigenvalue weighted by atomic mass is 10.4. The van der Waals surface area contributed by atoms with Gasteiger partial charge in [-0.2, -0.15) is 13.2 Å². The maximum Gasteiger partial charge on any atom is 0.433 e. The molecule has 4 heterocycles. The van der Waals surface area contributed by atoms with Crippen molar-refractivity contribution in [3.63, 3.8) is 0 Å². The van der Waals surface area contributed by atoms with Crippen molar-refractivity contribution in [1.29, 1.82) is 0 Å². The molecule has 0 atom stereocenters. The van der Waals surface area contributed by atoms with Crippen LogP contribution in [0.2, 0.25) is 0 Å². The Labute approximate surface area is 160 Å². The number of rotatable bonds is 3. The molecule has 2 N–H and O–H groups in total. The number of aromatic nitrogens is 6. The summed E-state index contributed by atoms with van der Waals surface area (Å²) in [6.45, 7) is -0.192. The number of halogens is 3. The van der Waals surface area contributed by atoms with Gasteiger partial charge in [0, 0.05) is 13.1 Å². The van der Waals surface area contributed by atoms with Crippen molar-refractivity contribution in [3.8, 4) is 29.3 Å². The van der Waals surface area contributed by atoms with E-state index in [1.165, 1.54) is 24.0 Å². The van der Waals surface area contributed by atoms with Gasteiger partial charge in [-0.3, -0.25) is 4.68 Å². The lowest BCUT2D eigenvalue weighted by Crippen LogP contribution is -2.11. The monoisotopic (exact) mass is 403 g/mol. The van der Waals surface area contributed by atoms with Crippen LogP contribution in [-0.2, 0) is 13.2 Å². The highest BCUT2D eigenvalue weighted by Gasteiger charge is 2.35. The quantitative estimate of drug-likeness (QED) is 0.522. The van der Waals surface area contributed by atoms with Gasteiger partial charge in [0.1, 0.15) is 11.4 Å². The molecule has 4 rings (SSSR count). The zero-order chi connectivity index (χ0) is 20.6. The minimum absolute atomic E-state index is 0.113. The Morgan fingerprint density at radius 1 is 1.28 bits per heavy atom. The fraction of sp³-hybridized carbons (Fsp3) is 0.176. The van der Waals surface area contributed by atoms with E-state index in [4.69, 9.17) is 14.9 Å². The number of furan rings is 1. The molecular formula is C17H12F3N7O2.